The Morgan fingerprint density at radius 3 is 2.59 bits per heavy atom. The number of non-ortho nitro benzene ring substituents is 1. The molecule has 1 aliphatic heterocycles. The summed E-state index contributed by atoms with van der Waals surface area (Å²) in [6.45, 7) is 0. The van der Waals surface area contributed by atoms with E-state index in [1.54, 1.807) is 36.4 Å². The highest BCUT2D eigenvalue weighted by atomic mass is 32.1. The van der Waals surface area contributed by atoms with Gasteiger partial charge in [-0.3, -0.25) is 25.0 Å². The third-order valence-electron chi connectivity index (χ3n) is 4.98. The molecule has 172 valence electrons. The number of thiocarbonyl (C=S) groups is 1. The average Bonchev–Trinajstić information content (AvgIpc) is 3.30. The molecule has 1 aromatic heterocycles. The summed E-state index contributed by atoms with van der Waals surface area (Å²) in [7, 11) is 2.93. The largest absolute Gasteiger partial charge is 0.497 e. The van der Waals surface area contributed by atoms with Crippen LogP contribution < -0.4 is 19.7 Å². The summed E-state index contributed by atoms with van der Waals surface area (Å²) in [6, 6.07) is 13.9. The van der Waals surface area contributed by atoms with Crippen molar-refractivity contribution >= 4 is 46.6 Å². The average molecular weight is 479 g/mol. The van der Waals surface area contributed by atoms with E-state index in [-0.39, 0.29) is 22.1 Å². The molecule has 0 spiro atoms. The Labute approximate surface area is 198 Å². The van der Waals surface area contributed by atoms with Crippen molar-refractivity contribution in [1.82, 2.24) is 5.32 Å². The summed E-state index contributed by atoms with van der Waals surface area (Å²) in [6.07, 6.45) is 1.28. The lowest BCUT2D eigenvalue weighted by molar-refractivity contribution is -0.384. The van der Waals surface area contributed by atoms with E-state index in [0.717, 1.165) is 4.90 Å². The minimum Gasteiger partial charge on any atom is -0.497 e. The topological polar surface area (TPSA) is 124 Å². The van der Waals surface area contributed by atoms with Crippen LogP contribution in [0.1, 0.15) is 5.76 Å². The lowest BCUT2D eigenvalue weighted by Crippen LogP contribution is -2.54. The van der Waals surface area contributed by atoms with Crippen LogP contribution in [-0.4, -0.2) is 36.1 Å². The maximum absolute atomic E-state index is 13.3. The van der Waals surface area contributed by atoms with Gasteiger partial charge in [-0.05, 0) is 42.6 Å². The monoisotopic (exact) mass is 479 g/mol. The normalized spacial score (nSPS) is 14.8. The van der Waals surface area contributed by atoms with E-state index in [4.69, 9.17) is 26.1 Å². The van der Waals surface area contributed by atoms with Crippen molar-refractivity contribution in [2.24, 2.45) is 0 Å². The second-order valence-electron chi connectivity index (χ2n) is 7.01. The summed E-state index contributed by atoms with van der Waals surface area (Å²) in [5.41, 5.74) is 0.490. The van der Waals surface area contributed by atoms with Crippen LogP contribution >= 0.6 is 12.2 Å². The van der Waals surface area contributed by atoms with E-state index < -0.39 is 16.7 Å². The molecule has 0 atom stereocenters. The molecule has 10 nitrogen and oxygen atoms in total. The number of carbonyl (C=O) groups is 2. The number of carbonyl (C=O) groups excluding carboxylic acids is 2. The minimum atomic E-state index is -0.688. The molecular weight excluding hydrogens is 462 g/mol. The number of methoxy groups -OCH3 is 2. The smallest absolute Gasteiger partial charge is 0.270 e. The van der Waals surface area contributed by atoms with Crippen molar-refractivity contribution < 1.29 is 28.4 Å². The van der Waals surface area contributed by atoms with E-state index >= 15 is 0 Å². The molecule has 2 heterocycles. The highest BCUT2D eigenvalue weighted by Crippen LogP contribution is 2.34. The summed E-state index contributed by atoms with van der Waals surface area (Å²) < 4.78 is 16.3. The molecule has 1 saturated heterocycles. The number of rotatable bonds is 6. The van der Waals surface area contributed by atoms with Gasteiger partial charge in [0.25, 0.3) is 17.5 Å². The standard InChI is InChI=1S/C23H17N3O7S/c1-31-15-6-8-18(20(12-15)32-2)25-22(28)17(21(27)24-23(25)34)11-16-7-9-19(33-16)13-4-3-5-14(10-13)26(29)30/h3-12H,1-2H3,(H,24,27,34)/b17-11+. The van der Waals surface area contributed by atoms with Crippen LogP contribution in [0.4, 0.5) is 11.4 Å². The summed E-state index contributed by atoms with van der Waals surface area (Å²) in [5.74, 6) is 0.00646. The highest BCUT2D eigenvalue weighted by Gasteiger charge is 2.36. The van der Waals surface area contributed by atoms with Crippen LogP contribution in [0, 0.1) is 10.1 Å². The first-order chi connectivity index (χ1) is 16.3. The van der Waals surface area contributed by atoms with Crippen LogP contribution in [0.3, 0.4) is 0 Å². The lowest BCUT2D eigenvalue weighted by Gasteiger charge is -2.29. The number of hydrogen-bond donors (Lipinski definition) is 1. The van der Waals surface area contributed by atoms with Gasteiger partial charge >= 0.3 is 0 Å². The Bertz CT molecular complexity index is 1360. The lowest BCUT2D eigenvalue weighted by atomic mass is 10.1. The molecule has 11 heteroatoms. The summed E-state index contributed by atoms with van der Waals surface area (Å²) >= 11 is 5.23. The molecule has 1 aliphatic rings. The van der Waals surface area contributed by atoms with Crippen molar-refractivity contribution in [3.63, 3.8) is 0 Å². The van der Waals surface area contributed by atoms with Crippen LogP contribution in [0.5, 0.6) is 11.5 Å². The van der Waals surface area contributed by atoms with Crippen molar-refractivity contribution in [2.45, 2.75) is 0 Å². The molecule has 4 rings (SSSR count). The second kappa shape index (κ2) is 9.16. The van der Waals surface area contributed by atoms with Gasteiger partial charge in [-0.2, -0.15) is 0 Å². The number of benzene rings is 2. The Balaban J connectivity index is 1.69. The van der Waals surface area contributed by atoms with Gasteiger partial charge in [0.2, 0.25) is 0 Å². The van der Waals surface area contributed by atoms with Crippen LogP contribution in [-0.2, 0) is 9.59 Å². The van der Waals surface area contributed by atoms with Gasteiger partial charge in [0.15, 0.2) is 5.11 Å². The third kappa shape index (κ3) is 4.24. The molecule has 0 bridgehead atoms. The molecule has 3 aromatic rings. The first-order valence-corrected chi connectivity index (χ1v) is 10.2. The zero-order valence-electron chi connectivity index (χ0n) is 17.9. The van der Waals surface area contributed by atoms with Crippen LogP contribution in [0.25, 0.3) is 17.4 Å². The zero-order valence-corrected chi connectivity index (χ0v) is 18.8. The second-order valence-corrected chi connectivity index (χ2v) is 7.39. The van der Waals surface area contributed by atoms with Gasteiger partial charge in [-0.15, -0.1) is 0 Å². The van der Waals surface area contributed by atoms with Crippen molar-refractivity contribution in [2.75, 3.05) is 19.1 Å². The molecular formula is C23H17N3O7S. The van der Waals surface area contributed by atoms with Crippen molar-refractivity contribution in [3.8, 4) is 22.8 Å². The van der Waals surface area contributed by atoms with E-state index in [1.807, 2.05) is 0 Å². The fraction of sp³-hybridized carbons (Fsp3) is 0.0870. The maximum atomic E-state index is 13.3. The number of nitrogens with zero attached hydrogens (tertiary/aromatic N) is 2. The van der Waals surface area contributed by atoms with E-state index in [9.17, 15) is 19.7 Å². The molecule has 2 amide bonds. The molecule has 0 saturated carbocycles. The number of nitrogens with one attached hydrogen (secondary N) is 1. The molecule has 0 unspecified atom stereocenters. The number of anilines is 1. The Morgan fingerprint density at radius 2 is 1.88 bits per heavy atom. The van der Waals surface area contributed by atoms with Crippen LogP contribution in [0.15, 0.2) is 64.6 Å². The van der Waals surface area contributed by atoms with Gasteiger partial charge in [-0.1, -0.05) is 12.1 Å². The molecule has 0 aliphatic carbocycles. The Hall–Kier alpha value is -4.51. The molecule has 2 aromatic carbocycles. The first-order valence-electron chi connectivity index (χ1n) is 9.80. The van der Waals surface area contributed by atoms with Crippen molar-refractivity contribution in [1.29, 1.82) is 0 Å². The summed E-state index contributed by atoms with van der Waals surface area (Å²) in [4.78, 5) is 37.5. The number of nitro benzene ring substituents is 1. The zero-order chi connectivity index (χ0) is 24.4. The fourth-order valence-electron chi connectivity index (χ4n) is 3.35. The number of amides is 2. The Morgan fingerprint density at radius 1 is 1.09 bits per heavy atom. The van der Waals surface area contributed by atoms with Gasteiger partial charge in [0.05, 0.1) is 24.8 Å². The predicted octanol–water partition coefficient (Wildman–Crippen LogP) is 3.70. The highest BCUT2D eigenvalue weighted by molar-refractivity contribution is 7.80. The van der Waals surface area contributed by atoms with Crippen LogP contribution in [0.2, 0.25) is 0 Å². The number of nitro groups is 1. The first kappa shape index (κ1) is 22.7. The molecule has 0 radical (unpaired) electrons. The summed E-state index contributed by atoms with van der Waals surface area (Å²) in [5, 5.41) is 13.4. The SMILES string of the molecule is COc1ccc(N2C(=O)/C(=C/c3ccc(-c4cccc([N+](=O)[O-])c4)o3)C(=O)NC2=S)c(OC)c1. The number of furan rings is 1. The van der Waals surface area contributed by atoms with E-state index in [0.29, 0.717) is 28.5 Å². The van der Waals surface area contributed by atoms with Gasteiger partial charge < -0.3 is 13.9 Å². The van der Waals surface area contributed by atoms with E-state index in [1.165, 1.54) is 38.5 Å². The fourth-order valence-corrected chi connectivity index (χ4v) is 3.62. The maximum Gasteiger partial charge on any atom is 0.270 e. The van der Waals surface area contributed by atoms with Gasteiger partial charge in [0, 0.05) is 23.8 Å². The van der Waals surface area contributed by atoms with E-state index in [2.05, 4.69) is 5.32 Å². The quantitative estimate of drug-likeness (QED) is 0.187. The minimum absolute atomic E-state index is 0.0896. The third-order valence-corrected chi connectivity index (χ3v) is 5.27. The molecule has 34 heavy (non-hydrogen) atoms. The number of hydrogen-bond acceptors (Lipinski definition) is 8. The molecule has 1 N–H and O–H groups in total. The van der Waals surface area contributed by atoms with Gasteiger partial charge in [-0.25, -0.2) is 4.90 Å². The predicted molar refractivity (Wildman–Crippen MR) is 127 cm³/mol. The number of ether oxygens (including phenoxy) is 2. The van der Waals surface area contributed by atoms with Crippen molar-refractivity contribution in [3.05, 3.63) is 76.0 Å². The molecule has 1 fully saturated rings. The Kier molecular flexibility index (Phi) is 6.11. The van der Waals surface area contributed by atoms with Gasteiger partial charge in [0.1, 0.15) is 28.6 Å².